The molecule has 2 N–H and O–H groups in total. The molecule has 3 aliphatic carbocycles. The van der Waals surface area contributed by atoms with Crippen LogP contribution < -0.4 is 16.2 Å². The Morgan fingerprint density at radius 3 is 2.51 bits per heavy atom. The number of carbonyl (C=O) groups is 1. The van der Waals surface area contributed by atoms with Crippen LogP contribution in [0.5, 0.6) is 0 Å². The standard InChI is InChI=1S/C27H30BrN5O2/c1-16-21-12-19(27(21,2)3)13-22(16)32-23-15-31-33(26(35)24(23)28)20-6-4-18(5-7-20)25(34)30-14-17-8-10-29-11-9-17/h4-11,15-16,19,21-22,32H,12-14H2,1-3H3,(H,30,34)/t16-,19-,21+,22-/m1/s1. The van der Waals surface area contributed by atoms with Gasteiger partial charge in [0.1, 0.15) is 4.47 Å². The summed E-state index contributed by atoms with van der Waals surface area (Å²) in [5.41, 5.74) is 3.00. The largest absolute Gasteiger partial charge is 0.380 e. The summed E-state index contributed by atoms with van der Waals surface area (Å²) in [5.74, 6) is 1.80. The van der Waals surface area contributed by atoms with Crippen LogP contribution in [0.4, 0.5) is 5.69 Å². The lowest BCUT2D eigenvalue weighted by molar-refractivity contribution is -0.105. The zero-order chi connectivity index (χ0) is 24.7. The van der Waals surface area contributed by atoms with Crippen molar-refractivity contribution in [3.8, 4) is 5.69 Å². The third-order valence-electron chi connectivity index (χ3n) is 8.19. The molecule has 7 nitrogen and oxygen atoms in total. The highest BCUT2D eigenvalue weighted by Gasteiger charge is 2.56. The molecule has 0 aliphatic heterocycles. The summed E-state index contributed by atoms with van der Waals surface area (Å²) in [5, 5.41) is 10.9. The molecule has 3 saturated carbocycles. The van der Waals surface area contributed by atoms with E-state index in [0.717, 1.165) is 23.6 Å². The van der Waals surface area contributed by atoms with Crippen molar-refractivity contribution in [2.75, 3.05) is 5.32 Å². The number of halogens is 1. The number of nitrogens with zero attached hydrogens (tertiary/aromatic N) is 3. The van der Waals surface area contributed by atoms with Gasteiger partial charge in [0.05, 0.1) is 17.6 Å². The van der Waals surface area contributed by atoms with Crippen LogP contribution in [0.25, 0.3) is 5.69 Å². The first-order valence-corrected chi connectivity index (χ1v) is 12.9. The van der Waals surface area contributed by atoms with Gasteiger partial charge in [0, 0.05) is 30.5 Å². The molecule has 3 aromatic rings. The third-order valence-corrected chi connectivity index (χ3v) is 8.96. The van der Waals surface area contributed by atoms with Crippen molar-refractivity contribution in [3.05, 3.63) is 80.9 Å². The van der Waals surface area contributed by atoms with Gasteiger partial charge < -0.3 is 10.6 Å². The van der Waals surface area contributed by atoms with E-state index in [2.05, 4.69) is 57.4 Å². The van der Waals surface area contributed by atoms with Gasteiger partial charge in [0.25, 0.3) is 11.5 Å². The monoisotopic (exact) mass is 535 g/mol. The topological polar surface area (TPSA) is 88.9 Å². The van der Waals surface area contributed by atoms with Gasteiger partial charge in [0.2, 0.25) is 0 Å². The number of hydrogen-bond donors (Lipinski definition) is 2. The van der Waals surface area contributed by atoms with Crippen molar-refractivity contribution >= 4 is 27.5 Å². The van der Waals surface area contributed by atoms with E-state index in [9.17, 15) is 9.59 Å². The first-order valence-electron chi connectivity index (χ1n) is 12.1. The Kier molecular flexibility index (Phi) is 6.25. The Hall–Kier alpha value is -3.00. The Bertz CT molecular complexity index is 1290. The highest BCUT2D eigenvalue weighted by atomic mass is 79.9. The molecule has 1 amide bonds. The van der Waals surface area contributed by atoms with E-state index in [0.29, 0.717) is 45.6 Å². The van der Waals surface area contributed by atoms with Crippen LogP contribution in [-0.2, 0) is 6.54 Å². The Morgan fingerprint density at radius 1 is 1.14 bits per heavy atom. The number of fused-ring (bicyclic) bond motifs is 2. The predicted octanol–water partition coefficient (Wildman–Crippen LogP) is 4.80. The molecule has 1 aromatic carbocycles. The number of anilines is 1. The lowest BCUT2D eigenvalue weighted by Crippen LogP contribution is -2.58. The quantitative estimate of drug-likeness (QED) is 0.473. The highest BCUT2D eigenvalue weighted by molar-refractivity contribution is 9.10. The van der Waals surface area contributed by atoms with Crippen LogP contribution in [0.15, 0.2) is 64.3 Å². The van der Waals surface area contributed by atoms with Gasteiger partial charge in [-0.1, -0.05) is 20.8 Å². The van der Waals surface area contributed by atoms with Crippen LogP contribution >= 0.6 is 15.9 Å². The third kappa shape index (κ3) is 4.40. The molecule has 35 heavy (non-hydrogen) atoms. The van der Waals surface area contributed by atoms with E-state index < -0.39 is 0 Å². The molecular weight excluding hydrogens is 506 g/mol. The first-order chi connectivity index (χ1) is 16.8. The minimum Gasteiger partial charge on any atom is -0.380 e. The average molecular weight is 536 g/mol. The molecule has 0 radical (unpaired) electrons. The highest BCUT2D eigenvalue weighted by Crippen LogP contribution is 2.61. The normalized spacial score (nSPS) is 24.3. The van der Waals surface area contributed by atoms with E-state index in [4.69, 9.17) is 0 Å². The molecule has 0 spiro atoms. The van der Waals surface area contributed by atoms with Crippen molar-refractivity contribution in [2.24, 2.45) is 23.2 Å². The summed E-state index contributed by atoms with van der Waals surface area (Å²) in [7, 11) is 0. The van der Waals surface area contributed by atoms with E-state index in [1.165, 1.54) is 11.1 Å². The van der Waals surface area contributed by atoms with Gasteiger partial charge in [-0.2, -0.15) is 9.78 Å². The van der Waals surface area contributed by atoms with E-state index >= 15 is 0 Å². The second-order valence-corrected chi connectivity index (χ2v) is 11.2. The van der Waals surface area contributed by atoms with Gasteiger partial charge in [-0.25, -0.2) is 0 Å². The van der Waals surface area contributed by atoms with E-state index in [-0.39, 0.29) is 11.5 Å². The molecule has 0 unspecified atom stereocenters. The zero-order valence-corrected chi connectivity index (χ0v) is 21.7. The van der Waals surface area contributed by atoms with E-state index in [1.54, 1.807) is 42.9 Å². The van der Waals surface area contributed by atoms with Crippen LogP contribution in [0, 0.1) is 23.2 Å². The molecule has 2 bridgehead atoms. The predicted molar refractivity (Wildman–Crippen MR) is 140 cm³/mol. The van der Waals surface area contributed by atoms with E-state index in [1.807, 2.05) is 12.1 Å². The fourth-order valence-electron chi connectivity index (χ4n) is 5.80. The fraction of sp³-hybridized carbons (Fsp3) is 0.407. The summed E-state index contributed by atoms with van der Waals surface area (Å²) >= 11 is 3.50. The minimum absolute atomic E-state index is 0.183. The molecule has 0 saturated heterocycles. The number of benzene rings is 1. The molecule has 182 valence electrons. The molecular formula is C27H30BrN5O2. The van der Waals surface area contributed by atoms with Gasteiger partial charge in [-0.05, 0) is 93.9 Å². The average Bonchev–Trinajstić information content (AvgIpc) is 2.87. The molecule has 6 rings (SSSR count). The van der Waals surface area contributed by atoms with Crippen molar-refractivity contribution in [3.63, 3.8) is 0 Å². The van der Waals surface area contributed by atoms with Crippen LogP contribution in [0.2, 0.25) is 0 Å². The second kappa shape index (κ2) is 9.22. The Balaban J connectivity index is 1.27. The Labute approximate surface area is 213 Å². The summed E-state index contributed by atoms with van der Waals surface area (Å²) < 4.78 is 1.82. The minimum atomic E-state index is -0.237. The number of hydrogen-bond acceptors (Lipinski definition) is 5. The molecule has 4 atom stereocenters. The number of rotatable bonds is 6. The summed E-state index contributed by atoms with van der Waals surface area (Å²) in [4.78, 5) is 29.6. The number of nitrogens with one attached hydrogen (secondary N) is 2. The van der Waals surface area contributed by atoms with Gasteiger partial charge >= 0.3 is 0 Å². The van der Waals surface area contributed by atoms with Crippen molar-refractivity contribution in [1.82, 2.24) is 20.1 Å². The summed E-state index contributed by atoms with van der Waals surface area (Å²) in [6.45, 7) is 7.50. The number of carbonyl (C=O) groups excluding carboxylic acids is 1. The fourth-order valence-corrected chi connectivity index (χ4v) is 6.18. The van der Waals surface area contributed by atoms with Crippen LogP contribution in [0.3, 0.4) is 0 Å². The zero-order valence-electron chi connectivity index (χ0n) is 20.2. The maximum atomic E-state index is 13.1. The SMILES string of the molecule is C[C@H]1[C@H](Nc2cnn(-c3ccc(C(=O)NCc4ccncc4)cc3)c(=O)c2Br)C[C@H]2C[C@@H]1C2(C)C. The van der Waals surface area contributed by atoms with Gasteiger partial charge in [0.15, 0.2) is 0 Å². The number of aromatic nitrogens is 3. The molecule has 3 fully saturated rings. The smallest absolute Gasteiger partial charge is 0.287 e. The molecule has 2 heterocycles. The number of pyridine rings is 1. The van der Waals surface area contributed by atoms with Gasteiger partial charge in [-0.15, -0.1) is 0 Å². The van der Waals surface area contributed by atoms with Crippen LogP contribution in [-0.4, -0.2) is 26.7 Å². The van der Waals surface area contributed by atoms with Crippen molar-refractivity contribution in [1.29, 1.82) is 0 Å². The number of amides is 1. The first kappa shape index (κ1) is 23.7. The van der Waals surface area contributed by atoms with Crippen molar-refractivity contribution in [2.45, 2.75) is 46.2 Å². The second-order valence-electron chi connectivity index (χ2n) is 10.4. The van der Waals surface area contributed by atoms with Gasteiger partial charge in [-0.3, -0.25) is 14.6 Å². The molecule has 3 aliphatic rings. The van der Waals surface area contributed by atoms with Crippen molar-refractivity contribution < 1.29 is 4.79 Å². The Morgan fingerprint density at radius 2 is 1.86 bits per heavy atom. The molecule has 8 heteroatoms. The maximum Gasteiger partial charge on any atom is 0.287 e. The van der Waals surface area contributed by atoms with Crippen LogP contribution in [0.1, 0.15) is 49.5 Å². The lowest BCUT2D eigenvalue weighted by Gasteiger charge is -2.62. The summed E-state index contributed by atoms with van der Waals surface area (Å²) in [6, 6.07) is 10.9. The maximum absolute atomic E-state index is 13.1. The molecule has 2 aromatic heterocycles. The lowest BCUT2D eigenvalue weighted by atomic mass is 9.45. The summed E-state index contributed by atoms with van der Waals surface area (Å²) in [6.07, 6.45) is 7.52.